The lowest BCUT2D eigenvalue weighted by molar-refractivity contribution is -0.412. The van der Waals surface area contributed by atoms with E-state index in [2.05, 4.69) is 0 Å². The molecule has 0 saturated heterocycles. The van der Waals surface area contributed by atoms with Crippen LogP contribution < -0.4 is 0 Å². The van der Waals surface area contributed by atoms with Gasteiger partial charge in [-0.3, -0.25) is 0 Å². The molecule has 0 atom stereocenters. The van der Waals surface area contributed by atoms with Gasteiger partial charge in [0.1, 0.15) is 0 Å². The van der Waals surface area contributed by atoms with E-state index in [-0.39, 0.29) is 19.3 Å². The molecule has 0 heterocycles. The summed E-state index contributed by atoms with van der Waals surface area (Å²) in [6, 6.07) is 0. The predicted molar refractivity (Wildman–Crippen MR) is 47.1 cm³/mol. The van der Waals surface area contributed by atoms with Crippen LogP contribution >= 0.6 is 0 Å². The standard InChI is InChI=1S/C10H9F9/c11-8(12,13)7(9(14,15)16,10(17,18)19)6-4-2-1-3-5-6/h4H,1-3,5H2. The Morgan fingerprint density at radius 3 is 1.37 bits per heavy atom. The van der Waals surface area contributed by atoms with Crippen LogP contribution in [-0.2, 0) is 0 Å². The van der Waals surface area contributed by atoms with E-state index >= 15 is 0 Å². The normalized spacial score (nSPS) is 19.3. The van der Waals surface area contributed by atoms with E-state index in [1.165, 1.54) is 0 Å². The zero-order valence-corrected chi connectivity index (χ0v) is 9.31. The molecule has 0 saturated carbocycles. The van der Waals surface area contributed by atoms with E-state index in [4.69, 9.17) is 0 Å². The molecule has 0 aromatic carbocycles. The summed E-state index contributed by atoms with van der Waals surface area (Å²) >= 11 is 0. The minimum absolute atomic E-state index is 0.129. The van der Waals surface area contributed by atoms with Gasteiger partial charge in [0.2, 0.25) is 0 Å². The Hall–Kier alpha value is -0.890. The molecule has 0 N–H and O–H groups in total. The Labute approximate surface area is 102 Å². The van der Waals surface area contributed by atoms with Gasteiger partial charge in [0.25, 0.3) is 5.41 Å². The minimum Gasteiger partial charge on any atom is -0.169 e. The van der Waals surface area contributed by atoms with Crippen LogP contribution in [0.3, 0.4) is 0 Å². The maximum atomic E-state index is 12.7. The molecule has 0 aliphatic heterocycles. The zero-order chi connectivity index (χ0) is 15.1. The Bertz CT molecular complexity index is 319. The van der Waals surface area contributed by atoms with Gasteiger partial charge in [0.05, 0.1) is 0 Å². The number of hydrogen-bond donors (Lipinski definition) is 0. The highest BCUT2D eigenvalue weighted by molar-refractivity contribution is 5.25. The highest BCUT2D eigenvalue weighted by atomic mass is 19.4. The van der Waals surface area contributed by atoms with Gasteiger partial charge in [-0.15, -0.1) is 0 Å². The second kappa shape index (κ2) is 4.59. The van der Waals surface area contributed by atoms with Gasteiger partial charge in [-0.25, -0.2) is 0 Å². The first-order valence-electron chi connectivity index (χ1n) is 5.25. The highest BCUT2D eigenvalue weighted by Crippen LogP contribution is 2.64. The fourth-order valence-corrected chi connectivity index (χ4v) is 2.21. The molecule has 0 nitrogen and oxygen atoms in total. The fourth-order valence-electron chi connectivity index (χ4n) is 2.21. The fraction of sp³-hybridized carbons (Fsp3) is 0.800. The van der Waals surface area contributed by atoms with Crippen molar-refractivity contribution < 1.29 is 39.5 Å². The summed E-state index contributed by atoms with van der Waals surface area (Å²) in [4.78, 5) is 0. The van der Waals surface area contributed by atoms with E-state index < -0.39 is 35.9 Å². The molecule has 0 amide bonds. The first-order chi connectivity index (χ1) is 8.36. The van der Waals surface area contributed by atoms with Crippen LogP contribution in [0.4, 0.5) is 39.5 Å². The van der Waals surface area contributed by atoms with Gasteiger partial charge < -0.3 is 0 Å². The number of rotatable bonds is 1. The lowest BCUT2D eigenvalue weighted by Crippen LogP contribution is -2.60. The monoisotopic (exact) mass is 300 g/mol. The van der Waals surface area contributed by atoms with Gasteiger partial charge in [0.15, 0.2) is 0 Å². The van der Waals surface area contributed by atoms with Gasteiger partial charge in [-0.1, -0.05) is 6.08 Å². The van der Waals surface area contributed by atoms with E-state index in [0.29, 0.717) is 6.08 Å². The molecule has 1 rings (SSSR count). The van der Waals surface area contributed by atoms with Crippen LogP contribution in [0.25, 0.3) is 0 Å². The lowest BCUT2D eigenvalue weighted by atomic mass is 9.73. The molecule has 0 bridgehead atoms. The second-order valence-electron chi connectivity index (χ2n) is 4.22. The Morgan fingerprint density at radius 1 is 0.684 bits per heavy atom. The molecule has 0 aromatic heterocycles. The molecular weight excluding hydrogens is 291 g/mol. The van der Waals surface area contributed by atoms with Crippen molar-refractivity contribution in [3.05, 3.63) is 11.6 Å². The van der Waals surface area contributed by atoms with E-state index in [0.717, 1.165) is 0 Å². The van der Waals surface area contributed by atoms with Crippen LogP contribution in [0.15, 0.2) is 11.6 Å². The third-order valence-electron chi connectivity index (χ3n) is 3.05. The predicted octanol–water partition coefficient (Wildman–Crippen LogP) is 5.16. The average molecular weight is 300 g/mol. The molecule has 0 spiro atoms. The molecule has 19 heavy (non-hydrogen) atoms. The molecular formula is C10H9F9. The highest BCUT2D eigenvalue weighted by Gasteiger charge is 2.84. The molecule has 0 radical (unpaired) electrons. The van der Waals surface area contributed by atoms with Crippen LogP contribution in [0.5, 0.6) is 0 Å². The Balaban J connectivity index is 3.59. The molecule has 112 valence electrons. The SMILES string of the molecule is FC(F)(F)C(C1=CCCCC1)(C(F)(F)F)C(F)(F)F. The van der Waals surface area contributed by atoms with Crippen LogP contribution in [-0.4, -0.2) is 18.5 Å². The van der Waals surface area contributed by atoms with E-state index in [1.807, 2.05) is 0 Å². The Morgan fingerprint density at radius 2 is 1.11 bits per heavy atom. The van der Waals surface area contributed by atoms with E-state index in [1.54, 1.807) is 0 Å². The lowest BCUT2D eigenvalue weighted by Gasteiger charge is -2.41. The van der Waals surface area contributed by atoms with Gasteiger partial charge in [0, 0.05) is 0 Å². The van der Waals surface area contributed by atoms with Crippen molar-refractivity contribution in [3.8, 4) is 0 Å². The van der Waals surface area contributed by atoms with Crippen LogP contribution in [0.2, 0.25) is 0 Å². The first-order valence-corrected chi connectivity index (χ1v) is 5.25. The zero-order valence-electron chi connectivity index (χ0n) is 9.31. The summed E-state index contributed by atoms with van der Waals surface area (Å²) in [6.07, 6.45) is -20.0. The molecule has 0 fully saturated rings. The number of allylic oxidation sites excluding steroid dienone is 2. The summed E-state index contributed by atoms with van der Waals surface area (Å²) in [6.45, 7) is 0. The van der Waals surface area contributed by atoms with Crippen molar-refractivity contribution in [1.82, 2.24) is 0 Å². The van der Waals surface area contributed by atoms with Gasteiger partial charge in [-0.05, 0) is 31.3 Å². The summed E-state index contributed by atoms with van der Waals surface area (Å²) in [5.41, 5.74) is -7.40. The van der Waals surface area contributed by atoms with Crippen molar-refractivity contribution in [2.24, 2.45) is 5.41 Å². The summed E-state index contributed by atoms with van der Waals surface area (Å²) in [5, 5.41) is 0. The van der Waals surface area contributed by atoms with Crippen molar-refractivity contribution >= 4 is 0 Å². The second-order valence-corrected chi connectivity index (χ2v) is 4.22. The van der Waals surface area contributed by atoms with Crippen molar-refractivity contribution in [1.29, 1.82) is 0 Å². The maximum absolute atomic E-state index is 12.7. The minimum atomic E-state index is -6.48. The first kappa shape index (κ1) is 16.2. The smallest absolute Gasteiger partial charge is 0.169 e. The van der Waals surface area contributed by atoms with Gasteiger partial charge in [-0.2, -0.15) is 39.5 Å². The van der Waals surface area contributed by atoms with Crippen LogP contribution in [0.1, 0.15) is 25.7 Å². The Kier molecular flexibility index (Phi) is 3.90. The molecule has 0 unspecified atom stereocenters. The van der Waals surface area contributed by atoms with Crippen molar-refractivity contribution in [3.63, 3.8) is 0 Å². The summed E-state index contributed by atoms with van der Waals surface area (Å²) < 4.78 is 114. The van der Waals surface area contributed by atoms with E-state index in [9.17, 15) is 39.5 Å². The van der Waals surface area contributed by atoms with Crippen molar-refractivity contribution in [2.75, 3.05) is 0 Å². The number of alkyl halides is 9. The quantitative estimate of drug-likeness (QED) is 0.463. The van der Waals surface area contributed by atoms with Crippen molar-refractivity contribution in [2.45, 2.75) is 44.2 Å². The summed E-state index contributed by atoms with van der Waals surface area (Å²) in [5.74, 6) is 0. The maximum Gasteiger partial charge on any atom is 0.415 e. The average Bonchev–Trinajstić information content (AvgIpc) is 2.12. The molecule has 0 aromatic rings. The number of hydrogen-bond acceptors (Lipinski definition) is 0. The number of halogens is 9. The largest absolute Gasteiger partial charge is 0.415 e. The third kappa shape index (κ3) is 2.43. The molecule has 1 aliphatic carbocycles. The molecule has 1 aliphatic rings. The van der Waals surface area contributed by atoms with Gasteiger partial charge >= 0.3 is 18.5 Å². The molecule has 9 heteroatoms. The van der Waals surface area contributed by atoms with Crippen LogP contribution in [0, 0.1) is 5.41 Å². The summed E-state index contributed by atoms with van der Waals surface area (Å²) in [7, 11) is 0. The topological polar surface area (TPSA) is 0 Å². The third-order valence-corrected chi connectivity index (χ3v) is 3.05.